The molecule has 30 heavy (non-hydrogen) atoms. The summed E-state index contributed by atoms with van der Waals surface area (Å²) >= 11 is 4.74. The molecule has 1 heterocycles. The highest BCUT2D eigenvalue weighted by molar-refractivity contribution is 9.10. The first-order valence-corrected chi connectivity index (χ1v) is 11.1. The Morgan fingerprint density at radius 2 is 2.03 bits per heavy atom. The lowest BCUT2D eigenvalue weighted by molar-refractivity contribution is -0.118. The average molecular weight is 488 g/mol. The predicted octanol–water partition coefficient (Wildman–Crippen LogP) is 4.29. The summed E-state index contributed by atoms with van der Waals surface area (Å²) in [5.41, 5.74) is 5.48. The molecular formula is C21H22BrN5O2S. The number of hydrazone groups is 1. The number of nitrogens with one attached hydrogen (secondary N) is 1. The van der Waals surface area contributed by atoms with E-state index in [0.717, 1.165) is 21.4 Å². The standard InChI is InChI=1S/C21H22BrN5O2S/c1-4-27-20(15-7-5-14(2)6-8-15)25-26-21(27)30-13-19(28)24-23-12-16-11-17(22)9-10-18(16)29-3/h5-12H,4,13H2,1-3H3,(H,24,28)/b23-12-. The summed E-state index contributed by atoms with van der Waals surface area (Å²) in [6.45, 7) is 4.78. The highest BCUT2D eigenvalue weighted by Crippen LogP contribution is 2.24. The van der Waals surface area contributed by atoms with E-state index in [1.54, 1.807) is 13.3 Å². The molecule has 0 saturated carbocycles. The molecular weight excluding hydrogens is 466 g/mol. The van der Waals surface area contributed by atoms with Crippen molar-refractivity contribution in [2.24, 2.45) is 5.10 Å². The lowest BCUT2D eigenvalue weighted by Crippen LogP contribution is -2.20. The monoisotopic (exact) mass is 487 g/mol. The van der Waals surface area contributed by atoms with Gasteiger partial charge < -0.3 is 9.30 Å². The molecule has 156 valence electrons. The van der Waals surface area contributed by atoms with Gasteiger partial charge in [0.2, 0.25) is 0 Å². The van der Waals surface area contributed by atoms with Crippen molar-refractivity contribution >= 4 is 39.8 Å². The first kappa shape index (κ1) is 22.0. The summed E-state index contributed by atoms with van der Waals surface area (Å²) < 4.78 is 8.18. The Hall–Kier alpha value is -2.65. The second kappa shape index (κ2) is 10.4. The molecule has 2 aromatic carbocycles. The number of aromatic nitrogens is 3. The predicted molar refractivity (Wildman–Crippen MR) is 123 cm³/mol. The number of amides is 1. The number of carbonyl (C=O) groups is 1. The highest BCUT2D eigenvalue weighted by atomic mass is 79.9. The van der Waals surface area contributed by atoms with E-state index < -0.39 is 0 Å². The van der Waals surface area contributed by atoms with Crippen LogP contribution in [0.2, 0.25) is 0 Å². The van der Waals surface area contributed by atoms with Crippen molar-refractivity contribution in [3.63, 3.8) is 0 Å². The Kier molecular flexibility index (Phi) is 7.64. The third-order valence-electron chi connectivity index (χ3n) is 4.26. The fourth-order valence-corrected chi connectivity index (χ4v) is 3.91. The number of nitrogens with zero attached hydrogens (tertiary/aromatic N) is 4. The van der Waals surface area contributed by atoms with Gasteiger partial charge in [0.15, 0.2) is 11.0 Å². The molecule has 3 aromatic rings. The minimum atomic E-state index is -0.229. The number of halogens is 1. The van der Waals surface area contributed by atoms with Gasteiger partial charge in [-0.2, -0.15) is 5.10 Å². The van der Waals surface area contributed by atoms with Crippen molar-refractivity contribution in [3.8, 4) is 17.1 Å². The van der Waals surface area contributed by atoms with Crippen molar-refractivity contribution in [2.45, 2.75) is 25.5 Å². The van der Waals surface area contributed by atoms with Crippen LogP contribution >= 0.6 is 27.7 Å². The van der Waals surface area contributed by atoms with Crippen LogP contribution in [0.5, 0.6) is 5.75 Å². The second-order valence-electron chi connectivity index (χ2n) is 6.38. The van der Waals surface area contributed by atoms with Crippen LogP contribution in [0.3, 0.4) is 0 Å². The third kappa shape index (κ3) is 5.48. The maximum absolute atomic E-state index is 12.2. The van der Waals surface area contributed by atoms with Gasteiger partial charge in [-0.3, -0.25) is 4.79 Å². The van der Waals surface area contributed by atoms with Crippen LogP contribution in [0.1, 0.15) is 18.1 Å². The van der Waals surface area contributed by atoms with E-state index in [-0.39, 0.29) is 11.7 Å². The molecule has 0 aliphatic heterocycles. The second-order valence-corrected chi connectivity index (χ2v) is 8.24. The number of methoxy groups -OCH3 is 1. The van der Waals surface area contributed by atoms with Gasteiger partial charge in [-0.25, -0.2) is 5.43 Å². The minimum absolute atomic E-state index is 0.180. The lowest BCUT2D eigenvalue weighted by atomic mass is 10.1. The van der Waals surface area contributed by atoms with E-state index in [2.05, 4.69) is 36.7 Å². The number of thioether (sulfide) groups is 1. The Balaban J connectivity index is 1.61. The summed E-state index contributed by atoms with van der Waals surface area (Å²) in [6.07, 6.45) is 1.55. The Labute approximate surface area is 188 Å². The fourth-order valence-electron chi connectivity index (χ4n) is 2.74. The van der Waals surface area contributed by atoms with Crippen LogP contribution < -0.4 is 10.2 Å². The molecule has 7 nitrogen and oxygen atoms in total. The van der Waals surface area contributed by atoms with Crippen LogP contribution in [0.4, 0.5) is 0 Å². The topological polar surface area (TPSA) is 81.4 Å². The summed E-state index contributed by atoms with van der Waals surface area (Å²) in [5, 5.41) is 13.3. The molecule has 1 amide bonds. The molecule has 0 atom stereocenters. The van der Waals surface area contributed by atoms with E-state index in [0.29, 0.717) is 17.5 Å². The minimum Gasteiger partial charge on any atom is -0.496 e. The Morgan fingerprint density at radius 1 is 1.27 bits per heavy atom. The summed E-state index contributed by atoms with van der Waals surface area (Å²) in [6, 6.07) is 13.7. The third-order valence-corrected chi connectivity index (χ3v) is 5.72. The average Bonchev–Trinajstić information content (AvgIpc) is 3.16. The van der Waals surface area contributed by atoms with Crippen molar-refractivity contribution in [1.82, 2.24) is 20.2 Å². The molecule has 1 aromatic heterocycles. The zero-order chi connectivity index (χ0) is 21.5. The quantitative estimate of drug-likeness (QED) is 0.291. The molecule has 0 saturated heterocycles. The fraction of sp³-hybridized carbons (Fsp3) is 0.238. The van der Waals surface area contributed by atoms with Crippen LogP contribution in [0, 0.1) is 6.92 Å². The number of carbonyl (C=O) groups excluding carboxylic acids is 1. The van der Waals surface area contributed by atoms with Crippen LogP contribution in [-0.4, -0.2) is 39.7 Å². The summed E-state index contributed by atoms with van der Waals surface area (Å²) in [7, 11) is 1.59. The molecule has 0 radical (unpaired) electrons. The first-order chi connectivity index (χ1) is 14.5. The van der Waals surface area contributed by atoms with Crippen molar-refractivity contribution in [3.05, 3.63) is 58.1 Å². The van der Waals surface area contributed by atoms with E-state index in [1.165, 1.54) is 17.3 Å². The van der Waals surface area contributed by atoms with Crippen LogP contribution in [0.25, 0.3) is 11.4 Å². The van der Waals surface area contributed by atoms with Crippen LogP contribution in [-0.2, 0) is 11.3 Å². The zero-order valence-corrected chi connectivity index (χ0v) is 19.3. The zero-order valence-electron chi connectivity index (χ0n) is 16.9. The number of hydrogen-bond acceptors (Lipinski definition) is 6. The number of ether oxygens (including phenoxy) is 1. The molecule has 0 aliphatic carbocycles. The van der Waals surface area contributed by atoms with Crippen molar-refractivity contribution in [1.29, 1.82) is 0 Å². The largest absolute Gasteiger partial charge is 0.496 e. The Morgan fingerprint density at radius 3 is 2.73 bits per heavy atom. The molecule has 0 bridgehead atoms. The van der Waals surface area contributed by atoms with Crippen LogP contribution in [0.15, 0.2) is 57.2 Å². The summed E-state index contributed by atoms with van der Waals surface area (Å²) in [5.74, 6) is 1.41. The van der Waals surface area contributed by atoms with E-state index in [1.807, 2.05) is 60.9 Å². The van der Waals surface area contributed by atoms with E-state index >= 15 is 0 Å². The number of aryl methyl sites for hydroxylation is 1. The molecule has 3 rings (SSSR count). The number of benzene rings is 2. The lowest BCUT2D eigenvalue weighted by Gasteiger charge is -2.07. The van der Waals surface area contributed by atoms with Gasteiger partial charge in [0.25, 0.3) is 5.91 Å². The van der Waals surface area contributed by atoms with Crippen molar-refractivity contribution < 1.29 is 9.53 Å². The number of rotatable bonds is 8. The van der Waals surface area contributed by atoms with Gasteiger partial charge in [0.05, 0.1) is 19.1 Å². The van der Waals surface area contributed by atoms with Gasteiger partial charge in [0, 0.05) is 22.1 Å². The summed E-state index contributed by atoms with van der Waals surface area (Å²) in [4.78, 5) is 12.2. The molecule has 0 spiro atoms. The smallest absolute Gasteiger partial charge is 0.250 e. The SMILES string of the molecule is CCn1c(SCC(=O)N/N=C\c2cc(Br)ccc2OC)nnc1-c1ccc(C)cc1. The molecule has 0 unspecified atom stereocenters. The van der Waals surface area contributed by atoms with Crippen molar-refractivity contribution in [2.75, 3.05) is 12.9 Å². The molecule has 0 fully saturated rings. The Bertz CT molecular complexity index is 1050. The first-order valence-electron chi connectivity index (χ1n) is 9.30. The maximum atomic E-state index is 12.2. The molecule has 0 aliphatic rings. The maximum Gasteiger partial charge on any atom is 0.250 e. The van der Waals surface area contributed by atoms with Gasteiger partial charge >= 0.3 is 0 Å². The molecule has 9 heteroatoms. The van der Waals surface area contributed by atoms with Gasteiger partial charge in [-0.05, 0) is 32.0 Å². The normalized spacial score (nSPS) is 11.1. The number of hydrogen-bond donors (Lipinski definition) is 1. The van der Waals surface area contributed by atoms with Gasteiger partial charge in [0.1, 0.15) is 5.75 Å². The highest BCUT2D eigenvalue weighted by Gasteiger charge is 2.14. The van der Waals surface area contributed by atoms with E-state index in [4.69, 9.17) is 4.74 Å². The van der Waals surface area contributed by atoms with Gasteiger partial charge in [-0.1, -0.05) is 57.5 Å². The van der Waals surface area contributed by atoms with E-state index in [9.17, 15) is 4.79 Å². The molecule has 1 N–H and O–H groups in total. The van der Waals surface area contributed by atoms with Gasteiger partial charge in [-0.15, -0.1) is 10.2 Å².